The van der Waals surface area contributed by atoms with E-state index >= 15 is 0 Å². The molecule has 0 spiro atoms. The van der Waals surface area contributed by atoms with Crippen molar-refractivity contribution in [2.75, 3.05) is 6.61 Å². The standard InChI is InChI=1S/C8H15O3/c1-4-8(5-10-6-9)11-7(2)3/h7-8H,4-5H2,1-3H3. The molecule has 0 aromatic rings. The first-order valence-electron chi connectivity index (χ1n) is 3.85. The molecule has 0 aliphatic heterocycles. The highest BCUT2D eigenvalue weighted by atomic mass is 16.6. The molecule has 0 aromatic heterocycles. The minimum absolute atomic E-state index is 0.0106. The fraction of sp³-hybridized carbons (Fsp3) is 0.875. The highest BCUT2D eigenvalue weighted by molar-refractivity contribution is 5.38. The molecule has 0 bridgehead atoms. The molecule has 1 unspecified atom stereocenters. The van der Waals surface area contributed by atoms with E-state index < -0.39 is 0 Å². The molecular formula is C8H15O3. The van der Waals surface area contributed by atoms with Crippen molar-refractivity contribution < 1.29 is 14.3 Å². The average molecular weight is 159 g/mol. The van der Waals surface area contributed by atoms with E-state index in [0.717, 1.165) is 6.42 Å². The van der Waals surface area contributed by atoms with Crippen molar-refractivity contribution >= 4 is 6.47 Å². The van der Waals surface area contributed by atoms with Crippen LogP contribution in [-0.4, -0.2) is 25.3 Å². The smallest absolute Gasteiger partial charge is 0.417 e. The first kappa shape index (κ1) is 10.4. The van der Waals surface area contributed by atoms with Crippen LogP contribution in [0.4, 0.5) is 0 Å². The Balaban J connectivity index is 3.48. The Morgan fingerprint density at radius 1 is 1.45 bits per heavy atom. The molecule has 0 aliphatic carbocycles. The van der Waals surface area contributed by atoms with E-state index in [-0.39, 0.29) is 12.2 Å². The summed E-state index contributed by atoms with van der Waals surface area (Å²) in [5.74, 6) is 0. The average Bonchev–Trinajstić information content (AvgIpc) is 1.97. The maximum Gasteiger partial charge on any atom is 0.417 e. The van der Waals surface area contributed by atoms with Crippen molar-refractivity contribution in [3.63, 3.8) is 0 Å². The van der Waals surface area contributed by atoms with Crippen LogP contribution in [-0.2, 0) is 14.3 Å². The van der Waals surface area contributed by atoms with Gasteiger partial charge in [0.1, 0.15) is 6.61 Å². The molecule has 0 rings (SSSR count). The van der Waals surface area contributed by atoms with Gasteiger partial charge in [0.15, 0.2) is 0 Å². The summed E-state index contributed by atoms with van der Waals surface area (Å²) in [5.41, 5.74) is 0. The topological polar surface area (TPSA) is 35.5 Å². The summed E-state index contributed by atoms with van der Waals surface area (Å²) in [4.78, 5) is 9.71. The highest BCUT2D eigenvalue weighted by Crippen LogP contribution is 2.02. The number of rotatable bonds is 6. The lowest BCUT2D eigenvalue weighted by molar-refractivity contribution is -0.0218. The molecule has 0 saturated heterocycles. The Morgan fingerprint density at radius 2 is 2.09 bits per heavy atom. The summed E-state index contributed by atoms with van der Waals surface area (Å²) in [6.07, 6.45) is 1.03. The Kier molecular flexibility index (Phi) is 5.84. The van der Waals surface area contributed by atoms with Crippen molar-refractivity contribution in [2.45, 2.75) is 39.4 Å². The van der Waals surface area contributed by atoms with Crippen LogP contribution in [0, 0.1) is 0 Å². The third kappa shape index (κ3) is 5.85. The first-order valence-corrected chi connectivity index (χ1v) is 3.85. The maximum absolute atomic E-state index is 9.71. The van der Waals surface area contributed by atoms with E-state index in [1.54, 1.807) is 0 Å². The molecule has 11 heavy (non-hydrogen) atoms. The minimum atomic E-state index is 0.0106. The molecule has 0 aromatic carbocycles. The molecule has 1 atom stereocenters. The van der Waals surface area contributed by atoms with E-state index in [2.05, 4.69) is 4.74 Å². The fourth-order valence-electron chi connectivity index (χ4n) is 0.765. The van der Waals surface area contributed by atoms with Crippen molar-refractivity contribution in [1.29, 1.82) is 0 Å². The van der Waals surface area contributed by atoms with Gasteiger partial charge < -0.3 is 9.47 Å². The SMILES string of the molecule is CCC(CO[C]=O)OC(C)C. The minimum Gasteiger partial charge on any atom is -0.455 e. The molecule has 0 aliphatic rings. The maximum atomic E-state index is 9.71. The lowest BCUT2D eigenvalue weighted by Crippen LogP contribution is -2.22. The van der Waals surface area contributed by atoms with E-state index in [9.17, 15) is 4.79 Å². The Labute approximate surface area is 67.7 Å². The van der Waals surface area contributed by atoms with Crippen LogP contribution in [0.3, 0.4) is 0 Å². The zero-order valence-corrected chi connectivity index (χ0v) is 7.29. The number of hydrogen-bond acceptors (Lipinski definition) is 3. The molecule has 65 valence electrons. The number of carbonyl (C=O) groups excluding carboxylic acids is 1. The van der Waals surface area contributed by atoms with Gasteiger partial charge in [-0.1, -0.05) is 6.92 Å². The molecule has 0 N–H and O–H groups in total. The van der Waals surface area contributed by atoms with Gasteiger partial charge in [0.2, 0.25) is 0 Å². The Hall–Kier alpha value is -0.570. The number of ether oxygens (including phenoxy) is 2. The van der Waals surface area contributed by atoms with Gasteiger partial charge in [0.25, 0.3) is 0 Å². The molecule has 0 amide bonds. The monoisotopic (exact) mass is 159 g/mol. The predicted molar refractivity (Wildman–Crippen MR) is 41.9 cm³/mol. The van der Waals surface area contributed by atoms with Gasteiger partial charge in [0, 0.05) is 0 Å². The Morgan fingerprint density at radius 3 is 2.45 bits per heavy atom. The van der Waals surface area contributed by atoms with Crippen LogP contribution < -0.4 is 0 Å². The molecule has 0 heterocycles. The largest absolute Gasteiger partial charge is 0.455 e. The van der Waals surface area contributed by atoms with E-state index in [1.165, 1.54) is 6.47 Å². The second-order valence-electron chi connectivity index (χ2n) is 2.61. The van der Waals surface area contributed by atoms with E-state index in [4.69, 9.17) is 4.74 Å². The second kappa shape index (κ2) is 6.16. The zero-order valence-electron chi connectivity index (χ0n) is 7.29. The lowest BCUT2D eigenvalue weighted by atomic mass is 10.3. The summed E-state index contributed by atoms with van der Waals surface area (Å²) in [5, 5.41) is 0. The van der Waals surface area contributed by atoms with Crippen LogP contribution in [0.1, 0.15) is 27.2 Å². The third-order valence-corrected chi connectivity index (χ3v) is 1.25. The Bertz CT molecular complexity index is 102. The normalized spacial score (nSPS) is 13.1. The molecule has 0 fully saturated rings. The van der Waals surface area contributed by atoms with Gasteiger partial charge in [-0.05, 0) is 20.3 Å². The second-order valence-corrected chi connectivity index (χ2v) is 2.61. The van der Waals surface area contributed by atoms with Crippen LogP contribution in [0.2, 0.25) is 0 Å². The first-order chi connectivity index (χ1) is 5.20. The van der Waals surface area contributed by atoms with Crippen LogP contribution in [0.25, 0.3) is 0 Å². The highest BCUT2D eigenvalue weighted by Gasteiger charge is 2.08. The van der Waals surface area contributed by atoms with Gasteiger partial charge in [-0.25, -0.2) is 4.79 Å². The van der Waals surface area contributed by atoms with Crippen molar-refractivity contribution in [1.82, 2.24) is 0 Å². The van der Waals surface area contributed by atoms with Crippen molar-refractivity contribution in [2.24, 2.45) is 0 Å². The number of hydrogen-bond donors (Lipinski definition) is 0. The van der Waals surface area contributed by atoms with Gasteiger partial charge in [0.05, 0.1) is 12.2 Å². The summed E-state index contributed by atoms with van der Waals surface area (Å²) in [6, 6.07) is 0. The third-order valence-electron chi connectivity index (χ3n) is 1.25. The van der Waals surface area contributed by atoms with Crippen LogP contribution in [0.15, 0.2) is 0 Å². The summed E-state index contributed by atoms with van der Waals surface area (Å²) >= 11 is 0. The van der Waals surface area contributed by atoms with Gasteiger partial charge in [-0.3, -0.25) is 0 Å². The summed E-state index contributed by atoms with van der Waals surface area (Å²) in [7, 11) is 0. The summed E-state index contributed by atoms with van der Waals surface area (Å²) < 4.78 is 9.85. The van der Waals surface area contributed by atoms with Crippen LogP contribution >= 0.6 is 0 Å². The van der Waals surface area contributed by atoms with Gasteiger partial charge >= 0.3 is 6.47 Å². The molecule has 0 saturated carbocycles. The van der Waals surface area contributed by atoms with E-state index in [0.29, 0.717) is 6.61 Å². The summed E-state index contributed by atoms with van der Waals surface area (Å²) in [6.45, 7) is 7.57. The van der Waals surface area contributed by atoms with Gasteiger partial charge in [-0.2, -0.15) is 0 Å². The molecule has 1 radical (unpaired) electrons. The zero-order chi connectivity index (χ0) is 8.69. The molecule has 3 nitrogen and oxygen atoms in total. The van der Waals surface area contributed by atoms with Crippen molar-refractivity contribution in [3.8, 4) is 0 Å². The quantitative estimate of drug-likeness (QED) is 0.585. The van der Waals surface area contributed by atoms with Crippen molar-refractivity contribution in [3.05, 3.63) is 0 Å². The van der Waals surface area contributed by atoms with Gasteiger partial charge in [-0.15, -0.1) is 0 Å². The fourth-order valence-corrected chi connectivity index (χ4v) is 0.765. The molecule has 3 heteroatoms. The molecular weight excluding hydrogens is 144 g/mol. The lowest BCUT2D eigenvalue weighted by Gasteiger charge is -2.16. The van der Waals surface area contributed by atoms with Crippen LogP contribution in [0.5, 0.6) is 0 Å². The van der Waals surface area contributed by atoms with E-state index in [1.807, 2.05) is 20.8 Å². The predicted octanol–water partition coefficient (Wildman–Crippen LogP) is 1.27.